The zero-order valence-corrected chi connectivity index (χ0v) is 13.5. The summed E-state index contributed by atoms with van der Waals surface area (Å²) in [6.07, 6.45) is 3.80. The number of rotatable bonds is 6. The van der Waals surface area contributed by atoms with E-state index in [1.165, 1.54) is 18.1 Å². The summed E-state index contributed by atoms with van der Waals surface area (Å²) in [4.78, 5) is 24.7. The van der Waals surface area contributed by atoms with Gasteiger partial charge in [0, 0.05) is 19.7 Å². The van der Waals surface area contributed by atoms with E-state index in [1.54, 1.807) is 7.05 Å². The highest BCUT2D eigenvalue weighted by atomic mass is 16.6. The molecule has 0 saturated heterocycles. The number of hydrogen-bond acceptors (Lipinski definition) is 4. The minimum Gasteiger partial charge on any atom is -0.466 e. The SMILES string of the molecule is CCCC/C(=C\C(=O)OC)CN(C)C(=O)OC(C)(C)C. The quantitative estimate of drug-likeness (QED) is 0.555. The molecule has 20 heavy (non-hydrogen) atoms. The second-order valence-corrected chi connectivity index (χ2v) is 5.77. The largest absolute Gasteiger partial charge is 0.466 e. The smallest absolute Gasteiger partial charge is 0.410 e. The lowest BCUT2D eigenvalue weighted by Gasteiger charge is -2.25. The Balaban J connectivity index is 4.67. The molecular weight excluding hydrogens is 258 g/mol. The molecule has 0 aliphatic rings. The predicted octanol–water partition coefficient (Wildman–Crippen LogP) is 3.14. The van der Waals surface area contributed by atoms with E-state index in [9.17, 15) is 9.59 Å². The maximum absolute atomic E-state index is 11.9. The molecule has 1 amide bonds. The topological polar surface area (TPSA) is 55.8 Å². The molecule has 5 heteroatoms. The summed E-state index contributed by atoms with van der Waals surface area (Å²) in [6, 6.07) is 0. The molecule has 0 bridgehead atoms. The molecular formula is C15H27NO4. The number of likely N-dealkylation sites (N-methyl/N-ethyl adjacent to an activating group) is 1. The van der Waals surface area contributed by atoms with Crippen LogP contribution in [-0.4, -0.2) is 43.3 Å². The van der Waals surface area contributed by atoms with E-state index in [1.807, 2.05) is 20.8 Å². The molecule has 0 heterocycles. The standard InChI is InChI=1S/C15H27NO4/c1-7-8-9-12(10-13(17)19-6)11-16(5)14(18)20-15(2,3)4/h10H,7-9,11H2,1-6H3/b12-10+. The molecule has 0 spiro atoms. The summed E-state index contributed by atoms with van der Waals surface area (Å²) < 4.78 is 9.91. The van der Waals surface area contributed by atoms with Crippen LogP contribution in [0.25, 0.3) is 0 Å². The Bertz CT molecular complexity index is 355. The Morgan fingerprint density at radius 3 is 2.30 bits per heavy atom. The van der Waals surface area contributed by atoms with Crippen LogP contribution in [0.2, 0.25) is 0 Å². The van der Waals surface area contributed by atoms with Crippen molar-refractivity contribution in [1.82, 2.24) is 4.90 Å². The summed E-state index contributed by atoms with van der Waals surface area (Å²) in [6.45, 7) is 7.90. The molecule has 0 aromatic heterocycles. The summed E-state index contributed by atoms with van der Waals surface area (Å²) >= 11 is 0. The Kier molecular flexibility index (Phi) is 7.96. The van der Waals surface area contributed by atoms with Gasteiger partial charge in [-0.2, -0.15) is 0 Å². The summed E-state index contributed by atoms with van der Waals surface area (Å²) in [5.41, 5.74) is 0.341. The Morgan fingerprint density at radius 1 is 1.25 bits per heavy atom. The molecule has 0 aromatic rings. The van der Waals surface area contributed by atoms with Gasteiger partial charge in [0.2, 0.25) is 0 Å². The highest BCUT2D eigenvalue weighted by molar-refractivity contribution is 5.82. The molecule has 0 fully saturated rings. The van der Waals surface area contributed by atoms with E-state index >= 15 is 0 Å². The Hall–Kier alpha value is -1.52. The van der Waals surface area contributed by atoms with Crippen LogP contribution in [0.1, 0.15) is 47.0 Å². The first-order chi connectivity index (χ1) is 9.19. The van der Waals surface area contributed by atoms with Gasteiger partial charge in [-0.1, -0.05) is 13.3 Å². The zero-order chi connectivity index (χ0) is 15.8. The van der Waals surface area contributed by atoms with Crippen molar-refractivity contribution in [2.45, 2.75) is 52.6 Å². The molecule has 0 radical (unpaired) electrons. The number of carbonyl (C=O) groups is 2. The monoisotopic (exact) mass is 285 g/mol. The number of methoxy groups -OCH3 is 1. The van der Waals surface area contributed by atoms with Gasteiger partial charge in [-0.3, -0.25) is 0 Å². The third-order valence-electron chi connectivity index (χ3n) is 2.52. The van der Waals surface area contributed by atoms with Gasteiger partial charge in [0.1, 0.15) is 5.60 Å². The first kappa shape index (κ1) is 18.5. The fourth-order valence-corrected chi connectivity index (χ4v) is 1.54. The van der Waals surface area contributed by atoms with E-state index in [-0.39, 0.29) is 0 Å². The lowest BCUT2D eigenvalue weighted by molar-refractivity contribution is -0.134. The minimum atomic E-state index is -0.527. The number of amides is 1. The van der Waals surface area contributed by atoms with Crippen molar-refractivity contribution in [2.24, 2.45) is 0 Å². The Labute approximate surface area is 121 Å². The van der Waals surface area contributed by atoms with Crippen molar-refractivity contribution in [2.75, 3.05) is 20.7 Å². The van der Waals surface area contributed by atoms with Gasteiger partial charge in [0.05, 0.1) is 7.11 Å². The van der Waals surface area contributed by atoms with Crippen molar-refractivity contribution >= 4 is 12.1 Å². The van der Waals surface area contributed by atoms with Gasteiger partial charge in [-0.15, -0.1) is 0 Å². The highest BCUT2D eigenvalue weighted by Crippen LogP contribution is 2.13. The van der Waals surface area contributed by atoms with Gasteiger partial charge in [-0.05, 0) is 39.2 Å². The molecule has 0 saturated carbocycles. The van der Waals surface area contributed by atoms with Crippen molar-refractivity contribution in [3.63, 3.8) is 0 Å². The first-order valence-corrected chi connectivity index (χ1v) is 6.91. The van der Waals surface area contributed by atoms with Crippen LogP contribution in [0.15, 0.2) is 11.6 Å². The molecule has 116 valence electrons. The van der Waals surface area contributed by atoms with Gasteiger partial charge in [0.15, 0.2) is 0 Å². The van der Waals surface area contributed by atoms with E-state index in [4.69, 9.17) is 4.74 Å². The summed E-state index contributed by atoms with van der Waals surface area (Å²) in [5, 5.41) is 0. The molecule has 0 unspecified atom stereocenters. The second-order valence-electron chi connectivity index (χ2n) is 5.77. The summed E-state index contributed by atoms with van der Waals surface area (Å²) in [7, 11) is 3.00. The number of esters is 1. The first-order valence-electron chi connectivity index (χ1n) is 6.91. The highest BCUT2D eigenvalue weighted by Gasteiger charge is 2.20. The third kappa shape index (κ3) is 8.56. The Morgan fingerprint density at radius 2 is 1.85 bits per heavy atom. The minimum absolute atomic E-state index is 0.365. The van der Waals surface area contributed by atoms with Crippen molar-refractivity contribution < 1.29 is 19.1 Å². The number of unbranched alkanes of at least 4 members (excludes halogenated alkanes) is 1. The number of ether oxygens (including phenoxy) is 2. The van der Waals surface area contributed by atoms with E-state index in [0.29, 0.717) is 6.54 Å². The number of carbonyl (C=O) groups excluding carboxylic acids is 2. The van der Waals surface area contributed by atoms with Crippen LogP contribution < -0.4 is 0 Å². The lowest BCUT2D eigenvalue weighted by Crippen LogP contribution is -2.35. The maximum Gasteiger partial charge on any atom is 0.410 e. The molecule has 0 rings (SSSR count). The normalized spacial score (nSPS) is 12.0. The van der Waals surface area contributed by atoms with Crippen molar-refractivity contribution in [1.29, 1.82) is 0 Å². The summed E-state index contributed by atoms with van der Waals surface area (Å²) in [5.74, 6) is -0.395. The third-order valence-corrected chi connectivity index (χ3v) is 2.52. The van der Waals surface area contributed by atoms with Gasteiger partial charge < -0.3 is 14.4 Å². The molecule has 0 aliphatic heterocycles. The molecule has 5 nitrogen and oxygen atoms in total. The van der Waals surface area contributed by atoms with Crippen LogP contribution in [0, 0.1) is 0 Å². The maximum atomic E-state index is 11.9. The average Bonchev–Trinajstić information content (AvgIpc) is 2.33. The average molecular weight is 285 g/mol. The van der Waals surface area contributed by atoms with Gasteiger partial charge >= 0.3 is 12.1 Å². The number of hydrogen-bond donors (Lipinski definition) is 0. The van der Waals surface area contributed by atoms with Gasteiger partial charge in [0.25, 0.3) is 0 Å². The molecule has 0 aliphatic carbocycles. The van der Waals surface area contributed by atoms with E-state index < -0.39 is 17.7 Å². The zero-order valence-electron chi connectivity index (χ0n) is 13.5. The fourth-order valence-electron chi connectivity index (χ4n) is 1.54. The lowest BCUT2D eigenvalue weighted by atomic mass is 10.1. The molecule has 0 N–H and O–H groups in total. The van der Waals surface area contributed by atoms with Crippen LogP contribution in [0.3, 0.4) is 0 Å². The molecule has 0 atom stereocenters. The van der Waals surface area contributed by atoms with Crippen molar-refractivity contribution in [3.8, 4) is 0 Å². The van der Waals surface area contributed by atoms with Crippen LogP contribution in [0.5, 0.6) is 0 Å². The van der Waals surface area contributed by atoms with Crippen molar-refractivity contribution in [3.05, 3.63) is 11.6 Å². The predicted molar refractivity (Wildman–Crippen MR) is 78.5 cm³/mol. The van der Waals surface area contributed by atoms with E-state index in [2.05, 4.69) is 11.7 Å². The number of nitrogens with zero attached hydrogens (tertiary/aromatic N) is 1. The fraction of sp³-hybridized carbons (Fsp3) is 0.733. The van der Waals surface area contributed by atoms with Crippen LogP contribution in [-0.2, 0) is 14.3 Å². The van der Waals surface area contributed by atoms with Crippen LogP contribution >= 0.6 is 0 Å². The van der Waals surface area contributed by atoms with Gasteiger partial charge in [-0.25, -0.2) is 9.59 Å². The van der Waals surface area contributed by atoms with E-state index in [0.717, 1.165) is 24.8 Å². The molecule has 0 aromatic carbocycles. The second kappa shape index (κ2) is 8.61. The van der Waals surface area contributed by atoms with Crippen LogP contribution in [0.4, 0.5) is 4.79 Å².